The van der Waals surface area contributed by atoms with Gasteiger partial charge in [-0.1, -0.05) is 6.42 Å². The first-order valence-corrected chi connectivity index (χ1v) is 7.04. The Morgan fingerprint density at radius 1 is 1.50 bits per heavy atom. The maximum atomic E-state index is 11.5. The van der Waals surface area contributed by atoms with Crippen molar-refractivity contribution in [2.24, 2.45) is 0 Å². The van der Waals surface area contributed by atoms with E-state index in [1.807, 2.05) is 6.92 Å². The summed E-state index contributed by atoms with van der Waals surface area (Å²) in [6.07, 6.45) is 3.79. The van der Waals surface area contributed by atoms with Crippen molar-refractivity contribution >= 4 is 11.5 Å². The van der Waals surface area contributed by atoms with Crippen LogP contribution in [0.25, 0.3) is 5.65 Å². The van der Waals surface area contributed by atoms with Crippen LogP contribution >= 0.6 is 0 Å². The molecule has 2 N–H and O–H groups in total. The molecule has 3 heterocycles. The molecule has 20 heavy (non-hydrogen) atoms. The van der Waals surface area contributed by atoms with Gasteiger partial charge in [0.2, 0.25) is 0 Å². The maximum Gasteiger partial charge on any atom is 0.349 e. The summed E-state index contributed by atoms with van der Waals surface area (Å²) in [5.41, 5.74) is 0.352. The van der Waals surface area contributed by atoms with Gasteiger partial charge in [0, 0.05) is 18.7 Å². The SMILES string of the molecule is Cc1nc(NCC2CCCCN2C)cc2n[nH]c(=O)n12. The molecule has 0 amide bonds. The van der Waals surface area contributed by atoms with Crippen molar-refractivity contribution in [1.29, 1.82) is 0 Å². The minimum absolute atomic E-state index is 0.247. The summed E-state index contributed by atoms with van der Waals surface area (Å²) in [6, 6.07) is 2.34. The molecule has 1 atom stereocenters. The molecule has 0 saturated carbocycles. The molecule has 3 rings (SSSR count). The Balaban J connectivity index is 1.76. The van der Waals surface area contributed by atoms with Crippen LogP contribution < -0.4 is 11.0 Å². The first kappa shape index (κ1) is 13.1. The van der Waals surface area contributed by atoms with E-state index < -0.39 is 0 Å². The minimum Gasteiger partial charge on any atom is -0.368 e. The van der Waals surface area contributed by atoms with Gasteiger partial charge in [0.15, 0.2) is 5.65 Å². The van der Waals surface area contributed by atoms with Gasteiger partial charge in [0.25, 0.3) is 0 Å². The van der Waals surface area contributed by atoms with Gasteiger partial charge in [-0.25, -0.2) is 19.3 Å². The van der Waals surface area contributed by atoms with Gasteiger partial charge in [-0.3, -0.25) is 0 Å². The molecule has 0 radical (unpaired) electrons. The van der Waals surface area contributed by atoms with Crippen molar-refractivity contribution in [3.8, 4) is 0 Å². The van der Waals surface area contributed by atoms with E-state index >= 15 is 0 Å². The Morgan fingerprint density at radius 3 is 3.15 bits per heavy atom. The second-order valence-electron chi connectivity index (χ2n) is 5.42. The van der Waals surface area contributed by atoms with E-state index in [-0.39, 0.29) is 5.69 Å². The van der Waals surface area contributed by atoms with Gasteiger partial charge in [-0.2, -0.15) is 5.10 Å². The number of H-pyrrole nitrogens is 1. The van der Waals surface area contributed by atoms with Crippen LogP contribution in [0.4, 0.5) is 5.82 Å². The molecule has 1 unspecified atom stereocenters. The van der Waals surface area contributed by atoms with Gasteiger partial charge in [-0.05, 0) is 33.4 Å². The predicted octanol–water partition coefficient (Wildman–Crippen LogP) is 0.622. The van der Waals surface area contributed by atoms with Gasteiger partial charge in [0.05, 0.1) is 0 Å². The fraction of sp³-hybridized carbons (Fsp3) is 0.615. The first-order chi connectivity index (χ1) is 9.65. The lowest BCUT2D eigenvalue weighted by Gasteiger charge is -2.32. The third-order valence-electron chi connectivity index (χ3n) is 4.01. The van der Waals surface area contributed by atoms with E-state index in [2.05, 4.69) is 32.4 Å². The van der Waals surface area contributed by atoms with Crippen LogP contribution in [0.3, 0.4) is 0 Å². The number of aromatic nitrogens is 4. The van der Waals surface area contributed by atoms with Crippen molar-refractivity contribution in [3.05, 3.63) is 22.4 Å². The number of aromatic amines is 1. The van der Waals surface area contributed by atoms with E-state index in [0.717, 1.165) is 18.9 Å². The second-order valence-corrected chi connectivity index (χ2v) is 5.42. The molecule has 1 aliphatic rings. The van der Waals surface area contributed by atoms with Gasteiger partial charge < -0.3 is 10.2 Å². The molecule has 2 aromatic heterocycles. The predicted molar refractivity (Wildman–Crippen MR) is 77.1 cm³/mol. The van der Waals surface area contributed by atoms with Crippen molar-refractivity contribution in [2.75, 3.05) is 25.5 Å². The van der Waals surface area contributed by atoms with Gasteiger partial charge in [-0.15, -0.1) is 0 Å². The third kappa shape index (κ3) is 2.40. The molecule has 2 aromatic rings. The summed E-state index contributed by atoms with van der Waals surface area (Å²) in [7, 11) is 2.17. The van der Waals surface area contributed by atoms with Crippen LogP contribution in [-0.2, 0) is 0 Å². The van der Waals surface area contributed by atoms with Crippen LogP contribution in [0, 0.1) is 6.92 Å². The molecule has 1 fully saturated rings. The second kappa shape index (κ2) is 5.24. The Bertz CT molecular complexity index is 660. The van der Waals surface area contributed by atoms with E-state index in [9.17, 15) is 4.79 Å². The highest BCUT2D eigenvalue weighted by Crippen LogP contribution is 2.16. The highest BCUT2D eigenvalue weighted by molar-refractivity contribution is 5.49. The van der Waals surface area contributed by atoms with Crippen LogP contribution in [-0.4, -0.2) is 50.7 Å². The Morgan fingerprint density at radius 2 is 2.35 bits per heavy atom. The summed E-state index contributed by atoms with van der Waals surface area (Å²) >= 11 is 0. The lowest BCUT2D eigenvalue weighted by Crippen LogP contribution is -2.40. The van der Waals surface area contributed by atoms with Crippen molar-refractivity contribution in [3.63, 3.8) is 0 Å². The molecule has 7 heteroatoms. The zero-order valence-corrected chi connectivity index (χ0v) is 11.9. The summed E-state index contributed by atoms with van der Waals surface area (Å²) in [5, 5.41) is 9.79. The minimum atomic E-state index is -0.247. The standard InChI is InChI=1S/C13H20N6O/c1-9-15-11(7-12-16-17-13(20)19(9)12)14-8-10-5-3-4-6-18(10)2/h7,10,14H,3-6,8H2,1-2H3,(H,17,20). The summed E-state index contributed by atoms with van der Waals surface area (Å²) in [5.74, 6) is 1.41. The lowest BCUT2D eigenvalue weighted by molar-refractivity contribution is 0.194. The van der Waals surface area contributed by atoms with E-state index in [1.54, 1.807) is 6.07 Å². The van der Waals surface area contributed by atoms with Crippen LogP contribution in [0.5, 0.6) is 0 Å². The van der Waals surface area contributed by atoms with Crippen molar-refractivity contribution in [1.82, 2.24) is 24.5 Å². The van der Waals surface area contributed by atoms with E-state index in [1.165, 1.54) is 23.7 Å². The number of aryl methyl sites for hydroxylation is 1. The van der Waals surface area contributed by atoms with Crippen LogP contribution in [0.1, 0.15) is 25.1 Å². The van der Waals surface area contributed by atoms with Gasteiger partial charge >= 0.3 is 5.69 Å². The van der Waals surface area contributed by atoms with Crippen LogP contribution in [0.15, 0.2) is 10.9 Å². The number of fused-ring (bicyclic) bond motifs is 1. The molecule has 108 valence electrons. The molecule has 0 aliphatic carbocycles. The number of anilines is 1. The van der Waals surface area contributed by atoms with Crippen molar-refractivity contribution < 1.29 is 0 Å². The highest BCUT2D eigenvalue weighted by Gasteiger charge is 2.18. The average molecular weight is 276 g/mol. The molecule has 0 aromatic carbocycles. The number of nitrogens with one attached hydrogen (secondary N) is 2. The zero-order chi connectivity index (χ0) is 14.1. The fourth-order valence-electron chi connectivity index (χ4n) is 2.81. The quantitative estimate of drug-likeness (QED) is 0.859. The number of likely N-dealkylation sites (tertiary alicyclic amines) is 1. The average Bonchev–Trinajstić information content (AvgIpc) is 2.80. The Kier molecular flexibility index (Phi) is 3.43. The summed E-state index contributed by atoms with van der Waals surface area (Å²) < 4.78 is 1.47. The molecule has 1 saturated heterocycles. The van der Waals surface area contributed by atoms with E-state index in [0.29, 0.717) is 17.5 Å². The Hall–Kier alpha value is -1.89. The Labute approximate surface area is 117 Å². The molecule has 7 nitrogen and oxygen atoms in total. The number of nitrogens with zero attached hydrogens (tertiary/aromatic N) is 4. The fourth-order valence-corrected chi connectivity index (χ4v) is 2.81. The molecule has 0 bridgehead atoms. The maximum absolute atomic E-state index is 11.5. The molecule has 1 aliphatic heterocycles. The smallest absolute Gasteiger partial charge is 0.349 e. The molecular formula is C13H20N6O. The number of rotatable bonds is 3. The van der Waals surface area contributed by atoms with E-state index in [4.69, 9.17) is 0 Å². The number of piperidine rings is 1. The summed E-state index contributed by atoms with van der Waals surface area (Å²) in [6.45, 7) is 3.84. The topological polar surface area (TPSA) is 78.3 Å². The van der Waals surface area contributed by atoms with Gasteiger partial charge in [0.1, 0.15) is 11.6 Å². The zero-order valence-electron chi connectivity index (χ0n) is 11.9. The highest BCUT2D eigenvalue weighted by atomic mass is 16.1. The first-order valence-electron chi connectivity index (χ1n) is 7.04. The van der Waals surface area contributed by atoms with Crippen LogP contribution in [0.2, 0.25) is 0 Å². The number of hydrogen-bond acceptors (Lipinski definition) is 5. The monoisotopic (exact) mass is 276 g/mol. The normalized spacial score (nSPS) is 20.4. The van der Waals surface area contributed by atoms with Crippen molar-refractivity contribution in [2.45, 2.75) is 32.2 Å². The largest absolute Gasteiger partial charge is 0.368 e. The third-order valence-corrected chi connectivity index (χ3v) is 4.01. The summed E-state index contributed by atoms with van der Waals surface area (Å²) in [4.78, 5) is 18.3. The number of hydrogen-bond donors (Lipinski definition) is 2. The lowest BCUT2D eigenvalue weighted by atomic mass is 10.0. The number of likely N-dealkylation sites (N-methyl/N-ethyl adjacent to an activating group) is 1. The molecular weight excluding hydrogens is 256 g/mol. The molecule has 0 spiro atoms.